The van der Waals surface area contributed by atoms with E-state index < -0.39 is 5.97 Å². The molecule has 0 spiro atoms. The Balaban J connectivity index is 0. The molecule has 0 aromatic rings. The normalized spacial score (nSPS) is 10.7. The third-order valence-electron chi connectivity index (χ3n) is 2.73. The highest BCUT2D eigenvalue weighted by molar-refractivity contribution is 5.87. The number of rotatable bonds is 8. The highest BCUT2D eigenvalue weighted by Crippen LogP contribution is 2.20. The van der Waals surface area contributed by atoms with Gasteiger partial charge in [0.15, 0.2) is 0 Å². The molecule has 0 saturated carbocycles. The summed E-state index contributed by atoms with van der Waals surface area (Å²) in [6.07, 6.45) is 6.34. The average Bonchev–Trinajstić information content (AvgIpc) is 2.42. The summed E-state index contributed by atoms with van der Waals surface area (Å²) in [6.45, 7) is 11.0. The van der Waals surface area contributed by atoms with Crippen LogP contribution in [-0.2, 0) is 14.3 Å². The number of aliphatic carboxylic acids is 1. The molecule has 1 N–H and O–H groups in total. The first-order valence-electron chi connectivity index (χ1n) is 6.54. The lowest BCUT2D eigenvalue weighted by atomic mass is 9.92. The van der Waals surface area contributed by atoms with Crippen molar-refractivity contribution in [3.63, 3.8) is 0 Å². The van der Waals surface area contributed by atoms with E-state index in [1.807, 2.05) is 0 Å². The second kappa shape index (κ2) is 12.9. The number of methoxy groups -OCH3 is 1. The number of unbranched alkanes of at least 4 members (excludes halogenated alkanes) is 1. The van der Waals surface area contributed by atoms with E-state index in [-0.39, 0.29) is 5.97 Å². The Morgan fingerprint density at radius 3 is 2.21 bits per heavy atom. The molecule has 4 heteroatoms. The first-order chi connectivity index (χ1) is 8.92. The molecule has 0 bridgehead atoms. The van der Waals surface area contributed by atoms with Gasteiger partial charge < -0.3 is 9.84 Å². The number of ether oxygens (including phenoxy) is 1. The van der Waals surface area contributed by atoms with E-state index in [9.17, 15) is 9.59 Å². The van der Waals surface area contributed by atoms with Crippen LogP contribution < -0.4 is 0 Å². The number of carbonyl (C=O) groups is 2. The summed E-state index contributed by atoms with van der Waals surface area (Å²) in [5, 5.41) is 7.60. The molecule has 0 fully saturated rings. The molecule has 0 rings (SSSR count). The van der Waals surface area contributed by atoms with Gasteiger partial charge in [0.25, 0.3) is 0 Å². The Bertz CT molecular complexity index is 295. The van der Waals surface area contributed by atoms with Crippen LogP contribution in [0.15, 0.2) is 24.8 Å². The molecular weight excluding hydrogens is 244 g/mol. The quantitative estimate of drug-likeness (QED) is 0.541. The molecule has 0 heterocycles. The Labute approximate surface area is 116 Å². The standard InChI is InChI=1S/C12H22O2.C3H4O2/c1-5-7-8-11(6-2)9-10(3)12(13)14-4;1-2-3(4)5/h11H,3,5-9H2,1-2,4H3;2H,1H2,(H,4,5). The van der Waals surface area contributed by atoms with Gasteiger partial charge >= 0.3 is 11.9 Å². The molecule has 0 aliphatic carbocycles. The highest BCUT2D eigenvalue weighted by atomic mass is 16.5. The van der Waals surface area contributed by atoms with Crippen molar-refractivity contribution in [3.8, 4) is 0 Å². The Morgan fingerprint density at radius 2 is 1.89 bits per heavy atom. The lowest BCUT2D eigenvalue weighted by Gasteiger charge is -2.14. The van der Waals surface area contributed by atoms with Crippen molar-refractivity contribution in [3.05, 3.63) is 24.8 Å². The Kier molecular flexibility index (Phi) is 13.4. The number of hydrogen-bond acceptors (Lipinski definition) is 3. The van der Waals surface area contributed by atoms with Crippen LogP contribution in [0.5, 0.6) is 0 Å². The van der Waals surface area contributed by atoms with Gasteiger partial charge in [-0.3, -0.25) is 0 Å². The van der Waals surface area contributed by atoms with Gasteiger partial charge in [0.1, 0.15) is 0 Å². The molecule has 1 unspecified atom stereocenters. The third-order valence-corrected chi connectivity index (χ3v) is 2.73. The molecule has 1 atom stereocenters. The van der Waals surface area contributed by atoms with E-state index in [2.05, 4.69) is 31.7 Å². The Morgan fingerprint density at radius 1 is 1.37 bits per heavy atom. The topological polar surface area (TPSA) is 63.6 Å². The first kappa shape index (κ1) is 19.8. The van der Waals surface area contributed by atoms with E-state index >= 15 is 0 Å². The summed E-state index contributed by atoms with van der Waals surface area (Å²) >= 11 is 0. The van der Waals surface area contributed by atoms with Crippen LogP contribution in [-0.4, -0.2) is 24.2 Å². The molecule has 0 aromatic heterocycles. The number of carboxylic acids is 1. The third kappa shape index (κ3) is 12.7. The van der Waals surface area contributed by atoms with Crippen LogP contribution in [0.25, 0.3) is 0 Å². The summed E-state index contributed by atoms with van der Waals surface area (Å²) in [5.74, 6) is -0.661. The van der Waals surface area contributed by atoms with E-state index in [0.29, 0.717) is 11.5 Å². The van der Waals surface area contributed by atoms with Crippen molar-refractivity contribution < 1.29 is 19.4 Å². The SMILES string of the molecule is C=C(CC(CC)CCCC)C(=O)OC.C=CC(=O)O. The van der Waals surface area contributed by atoms with Gasteiger partial charge in [-0.1, -0.05) is 52.7 Å². The summed E-state index contributed by atoms with van der Waals surface area (Å²) in [6, 6.07) is 0. The van der Waals surface area contributed by atoms with Crippen LogP contribution in [0.3, 0.4) is 0 Å². The fraction of sp³-hybridized carbons (Fsp3) is 0.600. The van der Waals surface area contributed by atoms with Gasteiger partial charge in [0, 0.05) is 11.6 Å². The van der Waals surface area contributed by atoms with Crippen molar-refractivity contribution >= 4 is 11.9 Å². The molecule has 0 radical (unpaired) electrons. The van der Waals surface area contributed by atoms with Crippen LogP contribution in [0.4, 0.5) is 0 Å². The maximum Gasteiger partial charge on any atom is 0.333 e. The number of carbonyl (C=O) groups excluding carboxylic acids is 1. The molecule has 0 aliphatic rings. The molecule has 0 saturated heterocycles. The first-order valence-corrected chi connectivity index (χ1v) is 6.54. The smallest absolute Gasteiger partial charge is 0.333 e. The lowest BCUT2D eigenvalue weighted by molar-refractivity contribution is -0.136. The van der Waals surface area contributed by atoms with Gasteiger partial charge in [-0.15, -0.1) is 0 Å². The van der Waals surface area contributed by atoms with Crippen LogP contribution >= 0.6 is 0 Å². The van der Waals surface area contributed by atoms with Crippen molar-refractivity contribution in [2.45, 2.75) is 46.0 Å². The van der Waals surface area contributed by atoms with Crippen molar-refractivity contribution in [1.29, 1.82) is 0 Å². The Hall–Kier alpha value is -1.58. The monoisotopic (exact) mass is 270 g/mol. The van der Waals surface area contributed by atoms with E-state index in [4.69, 9.17) is 5.11 Å². The van der Waals surface area contributed by atoms with Crippen LogP contribution in [0, 0.1) is 5.92 Å². The zero-order chi connectivity index (χ0) is 15.3. The zero-order valence-corrected chi connectivity index (χ0v) is 12.3. The summed E-state index contributed by atoms with van der Waals surface area (Å²) < 4.78 is 4.62. The minimum absolute atomic E-state index is 0.264. The number of esters is 1. The minimum atomic E-state index is -0.981. The van der Waals surface area contributed by atoms with Gasteiger partial charge in [0.2, 0.25) is 0 Å². The second-order valence-electron chi connectivity index (χ2n) is 4.26. The molecule has 0 aromatic carbocycles. The summed E-state index contributed by atoms with van der Waals surface area (Å²) in [7, 11) is 1.40. The highest BCUT2D eigenvalue weighted by Gasteiger charge is 2.13. The summed E-state index contributed by atoms with van der Waals surface area (Å²) in [5.41, 5.74) is 0.607. The molecule has 110 valence electrons. The van der Waals surface area contributed by atoms with Crippen molar-refractivity contribution in [2.24, 2.45) is 5.92 Å². The average molecular weight is 270 g/mol. The number of hydrogen-bond donors (Lipinski definition) is 1. The predicted octanol–water partition coefficient (Wildman–Crippen LogP) is 3.58. The molecule has 0 amide bonds. The van der Waals surface area contributed by atoms with Gasteiger partial charge in [-0.25, -0.2) is 9.59 Å². The fourth-order valence-electron chi connectivity index (χ4n) is 1.52. The lowest BCUT2D eigenvalue weighted by Crippen LogP contribution is -2.09. The van der Waals surface area contributed by atoms with Gasteiger partial charge in [-0.05, 0) is 12.3 Å². The molecule has 19 heavy (non-hydrogen) atoms. The maximum atomic E-state index is 11.1. The van der Waals surface area contributed by atoms with Crippen molar-refractivity contribution in [1.82, 2.24) is 0 Å². The zero-order valence-electron chi connectivity index (χ0n) is 12.3. The molecular formula is C15H26O4. The minimum Gasteiger partial charge on any atom is -0.478 e. The van der Waals surface area contributed by atoms with Crippen molar-refractivity contribution in [2.75, 3.05) is 7.11 Å². The van der Waals surface area contributed by atoms with Gasteiger partial charge in [0.05, 0.1) is 7.11 Å². The summed E-state index contributed by atoms with van der Waals surface area (Å²) in [4.78, 5) is 20.4. The fourth-order valence-corrected chi connectivity index (χ4v) is 1.52. The second-order valence-corrected chi connectivity index (χ2v) is 4.26. The van der Waals surface area contributed by atoms with E-state index in [0.717, 1.165) is 18.9 Å². The van der Waals surface area contributed by atoms with E-state index in [1.165, 1.54) is 26.4 Å². The maximum absolute atomic E-state index is 11.1. The van der Waals surface area contributed by atoms with Crippen LogP contribution in [0.2, 0.25) is 0 Å². The van der Waals surface area contributed by atoms with Gasteiger partial charge in [-0.2, -0.15) is 0 Å². The molecule has 4 nitrogen and oxygen atoms in total. The predicted molar refractivity (Wildman–Crippen MR) is 76.9 cm³/mol. The van der Waals surface area contributed by atoms with Crippen LogP contribution in [0.1, 0.15) is 46.0 Å². The number of carboxylic acid groups (broad SMARTS) is 1. The van der Waals surface area contributed by atoms with E-state index in [1.54, 1.807) is 0 Å². The molecule has 0 aliphatic heterocycles. The largest absolute Gasteiger partial charge is 0.478 e.